The largest absolute Gasteiger partial charge is 0.331 e. The Morgan fingerprint density at radius 1 is 1.38 bits per heavy atom. The monoisotopic (exact) mass is 293 g/mol. The molecule has 1 fully saturated rings. The SMILES string of the molecule is CCC1CN(C)CCCN1C(CN)c1cncn1C(C)C. The third-order valence-corrected chi connectivity index (χ3v) is 4.64. The molecule has 21 heavy (non-hydrogen) atoms. The summed E-state index contributed by atoms with van der Waals surface area (Å²) in [6.07, 6.45) is 6.31. The van der Waals surface area contributed by atoms with Crippen LogP contribution >= 0.6 is 0 Å². The van der Waals surface area contributed by atoms with E-state index in [2.05, 4.69) is 47.2 Å². The fraction of sp³-hybridized carbons (Fsp3) is 0.812. The summed E-state index contributed by atoms with van der Waals surface area (Å²) in [4.78, 5) is 9.42. The Hall–Kier alpha value is -0.910. The van der Waals surface area contributed by atoms with Gasteiger partial charge in [0.15, 0.2) is 0 Å². The minimum absolute atomic E-state index is 0.270. The van der Waals surface area contributed by atoms with E-state index in [1.54, 1.807) is 0 Å². The highest BCUT2D eigenvalue weighted by Gasteiger charge is 2.30. The lowest BCUT2D eigenvalue weighted by molar-refractivity contribution is 0.125. The third kappa shape index (κ3) is 3.65. The van der Waals surface area contributed by atoms with Crippen molar-refractivity contribution < 1.29 is 0 Å². The van der Waals surface area contributed by atoms with E-state index in [-0.39, 0.29) is 6.04 Å². The molecular weight excluding hydrogens is 262 g/mol. The van der Waals surface area contributed by atoms with E-state index in [1.807, 2.05) is 12.5 Å². The number of imidazole rings is 1. The maximum absolute atomic E-state index is 6.17. The molecule has 0 spiro atoms. The van der Waals surface area contributed by atoms with Crippen molar-refractivity contribution in [1.29, 1.82) is 0 Å². The van der Waals surface area contributed by atoms with Gasteiger partial charge in [-0.2, -0.15) is 0 Å². The molecule has 1 aromatic rings. The fourth-order valence-electron chi connectivity index (χ4n) is 3.47. The molecule has 0 radical (unpaired) electrons. The molecule has 0 saturated carbocycles. The summed E-state index contributed by atoms with van der Waals surface area (Å²) in [6, 6.07) is 1.26. The summed E-state index contributed by atoms with van der Waals surface area (Å²) in [6.45, 7) is 10.8. The second-order valence-electron chi connectivity index (χ2n) is 6.49. The number of hydrogen-bond donors (Lipinski definition) is 1. The number of aromatic nitrogens is 2. The maximum Gasteiger partial charge on any atom is 0.0951 e. The highest BCUT2D eigenvalue weighted by atomic mass is 15.3. The third-order valence-electron chi connectivity index (χ3n) is 4.64. The Bertz CT molecular complexity index is 428. The van der Waals surface area contributed by atoms with E-state index in [1.165, 1.54) is 18.7 Å². The van der Waals surface area contributed by atoms with Gasteiger partial charge in [0.05, 0.1) is 18.1 Å². The molecule has 5 nitrogen and oxygen atoms in total. The van der Waals surface area contributed by atoms with Crippen molar-refractivity contribution >= 4 is 0 Å². The van der Waals surface area contributed by atoms with Gasteiger partial charge in [-0.1, -0.05) is 6.92 Å². The van der Waals surface area contributed by atoms with Gasteiger partial charge >= 0.3 is 0 Å². The molecule has 2 unspecified atom stereocenters. The first-order chi connectivity index (χ1) is 10.1. The van der Waals surface area contributed by atoms with Crippen molar-refractivity contribution in [3.63, 3.8) is 0 Å². The molecule has 2 atom stereocenters. The van der Waals surface area contributed by atoms with Crippen LogP contribution in [0.2, 0.25) is 0 Å². The predicted molar refractivity (Wildman–Crippen MR) is 87.3 cm³/mol. The van der Waals surface area contributed by atoms with Crippen molar-refractivity contribution in [3.05, 3.63) is 18.2 Å². The highest BCUT2D eigenvalue weighted by molar-refractivity contribution is 5.09. The van der Waals surface area contributed by atoms with Gasteiger partial charge in [0.25, 0.3) is 0 Å². The van der Waals surface area contributed by atoms with Gasteiger partial charge in [0.2, 0.25) is 0 Å². The van der Waals surface area contributed by atoms with Gasteiger partial charge in [-0.3, -0.25) is 4.90 Å². The number of rotatable bonds is 5. The summed E-state index contributed by atoms with van der Waals surface area (Å²) < 4.78 is 2.26. The Balaban J connectivity index is 2.27. The van der Waals surface area contributed by atoms with Crippen LogP contribution in [0.3, 0.4) is 0 Å². The zero-order chi connectivity index (χ0) is 15.4. The van der Waals surface area contributed by atoms with Crippen molar-refractivity contribution in [2.45, 2.75) is 51.7 Å². The molecule has 1 aromatic heterocycles. The van der Waals surface area contributed by atoms with Gasteiger partial charge in [0.1, 0.15) is 0 Å². The van der Waals surface area contributed by atoms with Crippen LogP contribution in [0, 0.1) is 0 Å². The molecule has 0 amide bonds. The van der Waals surface area contributed by atoms with Gasteiger partial charge in [-0.25, -0.2) is 4.98 Å². The van der Waals surface area contributed by atoms with Crippen molar-refractivity contribution in [3.8, 4) is 0 Å². The van der Waals surface area contributed by atoms with Crippen molar-refractivity contribution in [2.75, 3.05) is 33.2 Å². The van der Waals surface area contributed by atoms with Crippen LogP contribution in [-0.4, -0.2) is 58.6 Å². The smallest absolute Gasteiger partial charge is 0.0951 e. The molecule has 120 valence electrons. The van der Waals surface area contributed by atoms with Crippen molar-refractivity contribution in [2.24, 2.45) is 5.73 Å². The zero-order valence-electron chi connectivity index (χ0n) is 14.0. The summed E-state index contributed by atoms with van der Waals surface area (Å²) in [5.41, 5.74) is 7.43. The minimum atomic E-state index is 0.270. The number of nitrogens with two attached hydrogens (primary N) is 1. The summed E-state index contributed by atoms with van der Waals surface area (Å²) in [5, 5.41) is 0. The molecule has 1 aliphatic heterocycles. The Morgan fingerprint density at radius 3 is 2.76 bits per heavy atom. The fourth-order valence-corrected chi connectivity index (χ4v) is 3.47. The molecule has 0 bridgehead atoms. The molecule has 1 aliphatic rings. The van der Waals surface area contributed by atoms with E-state index in [0.29, 0.717) is 18.6 Å². The van der Waals surface area contributed by atoms with E-state index >= 15 is 0 Å². The van der Waals surface area contributed by atoms with Crippen LogP contribution in [-0.2, 0) is 0 Å². The topological polar surface area (TPSA) is 50.3 Å². The first-order valence-corrected chi connectivity index (χ1v) is 8.24. The van der Waals surface area contributed by atoms with E-state index < -0.39 is 0 Å². The Labute approximate surface area is 129 Å². The number of likely N-dealkylation sites (N-methyl/N-ethyl adjacent to an activating group) is 1. The van der Waals surface area contributed by atoms with E-state index in [4.69, 9.17) is 5.73 Å². The maximum atomic E-state index is 6.17. The van der Waals surface area contributed by atoms with Gasteiger partial charge in [-0.05, 0) is 40.3 Å². The lowest BCUT2D eigenvalue weighted by Crippen LogP contribution is -2.45. The van der Waals surface area contributed by atoms with Crippen LogP contribution in [0.15, 0.2) is 12.5 Å². The van der Waals surface area contributed by atoms with Crippen LogP contribution in [0.5, 0.6) is 0 Å². The standard InChI is InChI=1S/C16H31N5/c1-5-14-11-19(4)7-6-8-20(14)15(9-17)16-10-18-12-21(16)13(2)3/h10,12-15H,5-9,11,17H2,1-4H3. The average Bonchev–Trinajstić information content (AvgIpc) is 2.86. The summed E-state index contributed by atoms with van der Waals surface area (Å²) >= 11 is 0. The first kappa shape index (κ1) is 16.5. The Kier molecular flexibility index (Phi) is 5.79. The molecule has 0 aliphatic carbocycles. The average molecular weight is 293 g/mol. The normalized spacial score (nSPS) is 23.4. The Morgan fingerprint density at radius 2 is 2.14 bits per heavy atom. The van der Waals surface area contributed by atoms with Gasteiger partial charge in [-0.15, -0.1) is 0 Å². The second kappa shape index (κ2) is 7.38. The quantitative estimate of drug-likeness (QED) is 0.900. The minimum Gasteiger partial charge on any atom is -0.331 e. The van der Waals surface area contributed by atoms with Crippen LogP contribution in [0.25, 0.3) is 0 Å². The van der Waals surface area contributed by atoms with E-state index in [9.17, 15) is 0 Å². The lowest BCUT2D eigenvalue weighted by Gasteiger charge is -2.37. The van der Waals surface area contributed by atoms with E-state index in [0.717, 1.165) is 19.5 Å². The highest BCUT2D eigenvalue weighted by Crippen LogP contribution is 2.27. The summed E-state index contributed by atoms with van der Waals surface area (Å²) in [7, 11) is 2.22. The molecule has 2 rings (SSSR count). The summed E-state index contributed by atoms with van der Waals surface area (Å²) in [5.74, 6) is 0. The lowest BCUT2D eigenvalue weighted by atomic mass is 10.1. The molecular formula is C16H31N5. The molecule has 1 saturated heterocycles. The number of nitrogens with zero attached hydrogens (tertiary/aromatic N) is 4. The van der Waals surface area contributed by atoms with Crippen molar-refractivity contribution in [1.82, 2.24) is 19.4 Å². The van der Waals surface area contributed by atoms with Gasteiger partial charge in [0, 0.05) is 37.9 Å². The molecule has 2 N–H and O–H groups in total. The molecule has 5 heteroatoms. The van der Waals surface area contributed by atoms with Crippen LogP contribution < -0.4 is 5.73 Å². The number of hydrogen-bond acceptors (Lipinski definition) is 4. The van der Waals surface area contributed by atoms with Crippen LogP contribution in [0.4, 0.5) is 0 Å². The van der Waals surface area contributed by atoms with Gasteiger partial charge < -0.3 is 15.2 Å². The first-order valence-electron chi connectivity index (χ1n) is 8.24. The predicted octanol–water partition coefficient (Wildman–Crippen LogP) is 1.88. The molecule has 2 heterocycles. The molecule has 0 aromatic carbocycles. The zero-order valence-corrected chi connectivity index (χ0v) is 14.0. The van der Waals surface area contributed by atoms with Crippen LogP contribution in [0.1, 0.15) is 51.4 Å². The second-order valence-corrected chi connectivity index (χ2v) is 6.49.